The van der Waals surface area contributed by atoms with Crippen molar-refractivity contribution in [2.75, 3.05) is 0 Å². The average Bonchev–Trinajstić information content (AvgIpc) is 4.29. The van der Waals surface area contributed by atoms with Crippen LogP contribution in [0.1, 0.15) is 11.1 Å². The molecule has 0 unspecified atom stereocenters. The van der Waals surface area contributed by atoms with Crippen molar-refractivity contribution < 1.29 is 0 Å². The molecule has 4 heterocycles. The molecule has 0 atom stereocenters. The number of hydrogen-bond donors (Lipinski definition) is 0. The van der Waals surface area contributed by atoms with Crippen molar-refractivity contribution in [2.24, 2.45) is 0 Å². The highest BCUT2D eigenvalue weighted by molar-refractivity contribution is 6.21. The van der Waals surface area contributed by atoms with E-state index in [1.54, 1.807) is 0 Å². The fourth-order valence-corrected chi connectivity index (χ4v) is 12.3. The maximum absolute atomic E-state index is 10.8. The summed E-state index contributed by atoms with van der Waals surface area (Å²) in [7, 11) is 0. The van der Waals surface area contributed by atoms with E-state index in [1.807, 2.05) is 18.2 Å². The molecule has 6 nitrogen and oxygen atoms in total. The fourth-order valence-electron chi connectivity index (χ4n) is 12.3. The Morgan fingerprint density at radius 2 is 0.747 bits per heavy atom. The van der Waals surface area contributed by atoms with Crippen LogP contribution < -0.4 is 0 Å². The number of para-hydroxylation sites is 6. The molecule has 6 heteroatoms. The summed E-state index contributed by atoms with van der Waals surface area (Å²) >= 11 is 0. The lowest BCUT2D eigenvalue weighted by Gasteiger charge is -2.20. The van der Waals surface area contributed by atoms with Gasteiger partial charge in [-0.2, -0.15) is 5.26 Å². The minimum absolute atomic E-state index is 0.570. The Morgan fingerprint density at radius 1 is 0.347 bits per heavy atom. The topological polar surface area (TPSA) is 47.9 Å². The highest BCUT2D eigenvalue weighted by atomic mass is 15.0. The molecule has 11 aromatic carbocycles. The molecule has 0 bridgehead atoms. The van der Waals surface area contributed by atoms with Crippen LogP contribution in [0.3, 0.4) is 0 Å². The fraction of sp³-hybridized carbons (Fsp3) is 0.0145. The molecule has 15 aromatic rings. The van der Waals surface area contributed by atoms with E-state index in [1.165, 1.54) is 21.5 Å². The van der Waals surface area contributed by atoms with Crippen LogP contribution in [0, 0.1) is 24.8 Å². The van der Waals surface area contributed by atoms with Gasteiger partial charge in [-0.05, 0) is 109 Å². The van der Waals surface area contributed by atoms with Crippen LogP contribution in [0.2, 0.25) is 0 Å². The quantitative estimate of drug-likeness (QED) is 0.153. The molecular formula is C69H42N6. The summed E-state index contributed by atoms with van der Waals surface area (Å²) in [4.78, 5) is 3.77. The average molecular weight is 955 g/mol. The molecule has 0 fully saturated rings. The van der Waals surface area contributed by atoms with Gasteiger partial charge in [-0.1, -0.05) is 151 Å². The van der Waals surface area contributed by atoms with Gasteiger partial charge in [0.1, 0.15) is 0 Å². The van der Waals surface area contributed by atoms with Crippen LogP contribution in [0.15, 0.2) is 237 Å². The zero-order chi connectivity index (χ0) is 49.9. The normalized spacial score (nSPS) is 11.8. The summed E-state index contributed by atoms with van der Waals surface area (Å²) in [6.07, 6.45) is 0. The van der Waals surface area contributed by atoms with Crippen molar-refractivity contribution >= 4 is 92.9 Å². The van der Waals surface area contributed by atoms with Crippen LogP contribution >= 0.6 is 0 Å². The lowest BCUT2D eigenvalue weighted by Crippen LogP contribution is -2.03. The van der Waals surface area contributed by atoms with Gasteiger partial charge in [0.05, 0.1) is 73.7 Å². The second kappa shape index (κ2) is 16.3. The van der Waals surface area contributed by atoms with Crippen molar-refractivity contribution in [3.8, 4) is 51.1 Å². The second-order valence-electron chi connectivity index (χ2n) is 19.5. The van der Waals surface area contributed by atoms with Gasteiger partial charge in [0.25, 0.3) is 0 Å². The first-order valence-corrected chi connectivity index (χ1v) is 25.3. The van der Waals surface area contributed by atoms with Gasteiger partial charge >= 0.3 is 0 Å². The summed E-state index contributed by atoms with van der Waals surface area (Å²) in [6.45, 7) is 9.89. The lowest BCUT2D eigenvalue weighted by molar-refractivity contribution is 1.15. The summed E-state index contributed by atoms with van der Waals surface area (Å²) in [6, 6.07) is 87.0. The Hall–Kier alpha value is -10.4. The van der Waals surface area contributed by atoms with Gasteiger partial charge < -0.3 is 18.3 Å². The number of nitriles is 1. The van der Waals surface area contributed by atoms with Crippen molar-refractivity contribution in [1.82, 2.24) is 18.3 Å². The second-order valence-corrected chi connectivity index (χ2v) is 19.5. The monoisotopic (exact) mass is 954 g/mol. The molecule has 0 saturated heterocycles. The number of aromatic nitrogens is 4. The van der Waals surface area contributed by atoms with Crippen molar-refractivity contribution in [3.63, 3.8) is 0 Å². The molecule has 0 aliphatic rings. The van der Waals surface area contributed by atoms with E-state index in [4.69, 9.17) is 6.57 Å². The summed E-state index contributed by atoms with van der Waals surface area (Å²) < 4.78 is 9.60. The number of rotatable bonds is 6. The zero-order valence-corrected chi connectivity index (χ0v) is 40.7. The lowest BCUT2D eigenvalue weighted by atomic mass is 9.94. The van der Waals surface area contributed by atoms with Crippen molar-refractivity contribution in [3.05, 3.63) is 259 Å². The molecule has 4 aromatic heterocycles. The number of hydrogen-bond acceptors (Lipinski definition) is 1. The third-order valence-electron chi connectivity index (χ3n) is 15.5. The van der Waals surface area contributed by atoms with Gasteiger partial charge in [-0.3, -0.25) is 0 Å². The third-order valence-corrected chi connectivity index (χ3v) is 15.5. The van der Waals surface area contributed by atoms with E-state index in [0.717, 1.165) is 116 Å². The molecule has 75 heavy (non-hydrogen) atoms. The standard InChI is InChI=1S/C69H42N6/c1-43-35-46(71-2)31-34-49(43)45-30-33-55(65(37-45)75-63-28-16-12-24-53(63)59-39-57-51-22-10-14-26-61(51)73(67(57)41-69(59)75)48-19-7-4-8-20-48)54-32-29-44(42-70)36-64(54)74-62-27-15-11-23-52(62)58-38-56-50-21-9-13-25-60(50)72(66(56)40-68(58)74)47-17-5-3-6-18-47/h3-41H,1H3. The molecule has 0 N–H and O–H groups in total. The van der Waals surface area contributed by atoms with E-state index in [2.05, 4.69) is 254 Å². The van der Waals surface area contributed by atoms with E-state index in [9.17, 15) is 5.26 Å². The van der Waals surface area contributed by atoms with Crippen LogP contribution in [-0.4, -0.2) is 18.3 Å². The zero-order valence-electron chi connectivity index (χ0n) is 40.7. The highest BCUT2D eigenvalue weighted by Gasteiger charge is 2.25. The minimum atomic E-state index is 0.570. The van der Waals surface area contributed by atoms with Crippen LogP contribution in [0.4, 0.5) is 5.69 Å². The van der Waals surface area contributed by atoms with Gasteiger partial charge in [-0.25, -0.2) is 4.85 Å². The van der Waals surface area contributed by atoms with E-state index < -0.39 is 0 Å². The Balaban J connectivity index is 1.07. The molecule has 0 aliphatic heterocycles. The van der Waals surface area contributed by atoms with Gasteiger partial charge in [0.15, 0.2) is 5.69 Å². The number of benzene rings is 11. The SMILES string of the molecule is [C-]#[N+]c1ccc(-c2ccc(-c3ccc(C#N)cc3-n3c4ccccc4c4cc5c6ccccc6n(-c6ccccc6)c5cc43)c(-n3c4ccccc4c4cc5c6ccccc6n(-c6ccccc6)c5cc43)c2)c(C)c1. The Bertz CT molecular complexity index is 4970. The summed E-state index contributed by atoms with van der Waals surface area (Å²) in [5, 5.41) is 20.1. The molecule has 0 saturated carbocycles. The number of aryl methyl sites for hydroxylation is 1. The van der Waals surface area contributed by atoms with E-state index in [0.29, 0.717) is 11.3 Å². The van der Waals surface area contributed by atoms with Crippen LogP contribution in [0.5, 0.6) is 0 Å². The summed E-state index contributed by atoms with van der Waals surface area (Å²) in [5.74, 6) is 0. The molecule has 348 valence electrons. The first kappa shape index (κ1) is 42.3. The van der Waals surface area contributed by atoms with Gasteiger partial charge in [0.2, 0.25) is 0 Å². The Morgan fingerprint density at radius 3 is 1.20 bits per heavy atom. The van der Waals surface area contributed by atoms with Crippen molar-refractivity contribution in [1.29, 1.82) is 5.26 Å². The van der Waals surface area contributed by atoms with Gasteiger partial charge in [0, 0.05) is 65.6 Å². The van der Waals surface area contributed by atoms with Crippen LogP contribution in [0.25, 0.3) is 137 Å². The molecule has 0 spiro atoms. The first-order valence-electron chi connectivity index (χ1n) is 25.3. The number of nitrogens with zero attached hydrogens (tertiary/aromatic N) is 6. The molecular weight excluding hydrogens is 913 g/mol. The molecule has 0 amide bonds. The smallest absolute Gasteiger partial charge is 0.187 e. The molecule has 0 aliphatic carbocycles. The maximum Gasteiger partial charge on any atom is 0.187 e. The first-order chi connectivity index (χ1) is 37.0. The minimum Gasteiger partial charge on any atom is -0.309 e. The predicted octanol–water partition coefficient (Wildman–Crippen LogP) is 18.1. The number of fused-ring (bicyclic) bond motifs is 12. The predicted molar refractivity (Wildman–Crippen MR) is 310 cm³/mol. The summed E-state index contributed by atoms with van der Waals surface area (Å²) in [5.41, 5.74) is 19.1. The van der Waals surface area contributed by atoms with E-state index in [-0.39, 0.29) is 0 Å². The maximum atomic E-state index is 10.8. The molecule has 15 rings (SSSR count). The highest BCUT2D eigenvalue weighted by Crippen LogP contribution is 2.46. The largest absolute Gasteiger partial charge is 0.309 e. The Kier molecular flexibility index (Phi) is 9.20. The Labute approximate surface area is 431 Å². The van der Waals surface area contributed by atoms with E-state index >= 15 is 0 Å². The third kappa shape index (κ3) is 6.24. The van der Waals surface area contributed by atoms with Crippen molar-refractivity contribution in [2.45, 2.75) is 6.92 Å². The van der Waals surface area contributed by atoms with Crippen LogP contribution in [-0.2, 0) is 0 Å². The molecule has 0 radical (unpaired) electrons. The van der Waals surface area contributed by atoms with Gasteiger partial charge in [-0.15, -0.1) is 0 Å².